The van der Waals surface area contributed by atoms with Gasteiger partial charge in [0, 0.05) is 21.7 Å². The molecule has 0 fully saturated rings. The van der Waals surface area contributed by atoms with E-state index < -0.39 is 0 Å². The van der Waals surface area contributed by atoms with Gasteiger partial charge in [0.1, 0.15) is 18.1 Å². The minimum Gasteiger partial charge on any atom is -0.489 e. The SMILES string of the molecule is C=C(C)COc1cc(C)c2c(c1)O/C(=C\c1c(Cl)cccc1Cl)C2=O. The first-order valence-corrected chi connectivity index (χ1v) is 8.42. The minimum atomic E-state index is -0.199. The zero-order chi connectivity index (χ0) is 18.1. The van der Waals surface area contributed by atoms with E-state index in [1.54, 1.807) is 30.3 Å². The van der Waals surface area contributed by atoms with Gasteiger partial charge in [-0.2, -0.15) is 0 Å². The number of allylic oxidation sites excluding steroid dienone is 1. The van der Waals surface area contributed by atoms with E-state index >= 15 is 0 Å². The number of hydrogen-bond donors (Lipinski definition) is 0. The molecule has 3 nitrogen and oxygen atoms in total. The van der Waals surface area contributed by atoms with E-state index in [1.807, 2.05) is 19.9 Å². The maximum absolute atomic E-state index is 12.7. The van der Waals surface area contributed by atoms with Gasteiger partial charge < -0.3 is 9.47 Å². The van der Waals surface area contributed by atoms with Crippen LogP contribution in [-0.4, -0.2) is 12.4 Å². The molecule has 2 aromatic carbocycles. The highest BCUT2D eigenvalue weighted by atomic mass is 35.5. The van der Waals surface area contributed by atoms with Crippen molar-refractivity contribution in [2.75, 3.05) is 6.61 Å². The molecule has 3 rings (SSSR count). The molecule has 0 bridgehead atoms. The number of aryl methyl sites for hydroxylation is 1. The lowest BCUT2D eigenvalue weighted by Crippen LogP contribution is -2.01. The highest BCUT2D eigenvalue weighted by molar-refractivity contribution is 6.37. The van der Waals surface area contributed by atoms with Crippen LogP contribution in [0.15, 0.2) is 48.2 Å². The molecule has 0 radical (unpaired) electrons. The van der Waals surface area contributed by atoms with E-state index in [1.165, 1.54) is 0 Å². The molecule has 25 heavy (non-hydrogen) atoms. The van der Waals surface area contributed by atoms with Crippen molar-refractivity contribution in [3.8, 4) is 11.5 Å². The summed E-state index contributed by atoms with van der Waals surface area (Å²) in [4.78, 5) is 12.7. The lowest BCUT2D eigenvalue weighted by molar-refractivity contribution is 0.101. The molecule has 0 unspecified atom stereocenters. The number of hydrogen-bond acceptors (Lipinski definition) is 3. The zero-order valence-corrected chi connectivity index (χ0v) is 15.4. The molecule has 0 spiro atoms. The van der Waals surface area contributed by atoms with Crippen molar-refractivity contribution in [1.82, 2.24) is 0 Å². The monoisotopic (exact) mass is 374 g/mol. The smallest absolute Gasteiger partial charge is 0.232 e. The Morgan fingerprint density at radius 1 is 1.28 bits per heavy atom. The van der Waals surface area contributed by atoms with Gasteiger partial charge in [0.05, 0.1) is 5.56 Å². The number of Topliss-reactive ketones (excluding diaryl/α,β-unsaturated/α-hetero) is 1. The Balaban J connectivity index is 1.97. The standard InChI is InChI=1S/C20H16Cl2O3/c1-11(2)10-24-13-7-12(3)19-17(8-13)25-18(20(19)23)9-14-15(21)5-4-6-16(14)22/h4-9H,1,10H2,2-3H3/b18-9-. The molecule has 0 saturated heterocycles. The normalized spacial score (nSPS) is 14.4. The van der Waals surface area contributed by atoms with Crippen LogP contribution in [0.3, 0.4) is 0 Å². The van der Waals surface area contributed by atoms with Gasteiger partial charge in [-0.15, -0.1) is 0 Å². The Bertz CT molecular complexity index is 893. The highest BCUT2D eigenvalue weighted by Crippen LogP contribution is 2.38. The van der Waals surface area contributed by atoms with Crippen LogP contribution in [0.4, 0.5) is 0 Å². The van der Waals surface area contributed by atoms with Crippen LogP contribution in [-0.2, 0) is 0 Å². The average Bonchev–Trinajstić information content (AvgIpc) is 2.85. The third kappa shape index (κ3) is 3.58. The third-order valence-electron chi connectivity index (χ3n) is 3.70. The van der Waals surface area contributed by atoms with Crippen molar-refractivity contribution in [3.05, 3.63) is 75.0 Å². The predicted molar refractivity (Wildman–Crippen MR) is 101 cm³/mol. The fourth-order valence-corrected chi connectivity index (χ4v) is 3.05. The van der Waals surface area contributed by atoms with Gasteiger partial charge in [-0.3, -0.25) is 4.79 Å². The molecule has 0 atom stereocenters. The van der Waals surface area contributed by atoms with Crippen LogP contribution in [0.5, 0.6) is 11.5 Å². The molecule has 5 heteroatoms. The quantitative estimate of drug-likeness (QED) is 0.495. The summed E-state index contributed by atoms with van der Waals surface area (Å²) in [6, 6.07) is 8.68. The fourth-order valence-electron chi connectivity index (χ4n) is 2.55. The predicted octanol–water partition coefficient (Wildman–Crippen LogP) is 5.87. The van der Waals surface area contributed by atoms with Crippen LogP contribution in [0.25, 0.3) is 6.08 Å². The molecule has 0 N–H and O–H groups in total. The van der Waals surface area contributed by atoms with Crippen LogP contribution >= 0.6 is 23.2 Å². The molecule has 128 valence electrons. The second-order valence-electron chi connectivity index (χ2n) is 5.93. The summed E-state index contributed by atoms with van der Waals surface area (Å²) in [7, 11) is 0. The van der Waals surface area contributed by atoms with Crippen molar-refractivity contribution in [2.45, 2.75) is 13.8 Å². The average molecular weight is 375 g/mol. The summed E-state index contributed by atoms with van der Waals surface area (Å²) in [5.41, 5.74) is 2.77. The van der Waals surface area contributed by atoms with Gasteiger partial charge >= 0.3 is 0 Å². The van der Waals surface area contributed by atoms with Crippen molar-refractivity contribution < 1.29 is 14.3 Å². The minimum absolute atomic E-state index is 0.185. The molecule has 2 aromatic rings. The van der Waals surface area contributed by atoms with Gasteiger partial charge in [0.25, 0.3) is 0 Å². The Labute approximate surface area is 156 Å². The number of ketones is 1. The van der Waals surface area contributed by atoms with Gasteiger partial charge in [-0.05, 0) is 49.3 Å². The third-order valence-corrected chi connectivity index (χ3v) is 4.36. The number of ether oxygens (including phenoxy) is 2. The van der Waals surface area contributed by atoms with E-state index in [9.17, 15) is 4.79 Å². The first-order chi connectivity index (χ1) is 11.9. The van der Waals surface area contributed by atoms with E-state index in [2.05, 4.69) is 6.58 Å². The number of rotatable bonds is 4. The van der Waals surface area contributed by atoms with Gasteiger partial charge in [-0.25, -0.2) is 0 Å². The summed E-state index contributed by atoms with van der Waals surface area (Å²) in [6.45, 7) is 7.94. The number of fused-ring (bicyclic) bond motifs is 1. The lowest BCUT2D eigenvalue weighted by atomic mass is 10.0. The summed E-state index contributed by atoms with van der Waals surface area (Å²) in [6.07, 6.45) is 1.57. The zero-order valence-electron chi connectivity index (χ0n) is 13.9. The summed E-state index contributed by atoms with van der Waals surface area (Å²) >= 11 is 12.3. The van der Waals surface area contributed by atoms with Crippen LogP contribution in [0, 0.1) is 6.92 Å². The van der Waals surface area contributed by atoms with Crippen molar-refractivity contribution in [1.29, 1.82) is 0 Å². The Morgan fingerprint density at radius 2 is 1.96 bits per heavy atom. The van der Waals surface area contributed by atoms with Crippen molar-refractivity contribution in [3.63, 3.8) is 0 Å². The van der Waals surface area contributed by atoms with E-state index in [-0.39, 0.29) is 11.5 Å². The summed E-state index contributed by atoms with van der Waals surface area (Å²) < 4.78 is 11.4. The first-order valence-electron chi connectivity index (χ1n) is 7.67. The molecular formula is C20H16Cl2O3. The number of carbonyl (C=O) groups is 1. The maximum atomic E-state index is 12.7. The Kier molecular flexibility index (Phi) is 4.89. The highest BCUT2D eigenvalue weighted by Gasteiger charge is 2.30. The van der Waals surface area contributed by atoms with E-state index in [0.717, 1.165) is 11.1 Å². The largest absolute Gasteiger partial charge is 0.489 e. The van der Waals surface area contributed by atoms with Crippen LogP contribution < -0.4 is 9.47 Å². The second-order valence-corrected chi connectivity index (χ2v) is 6.75. The van der Waals surface area contributed by atoms with Crippen molar-refractivity contribution in [2.24, 2.45) is 0 Å². The number of benzene rings is 2. The lowest BCUT2D eigenvalue weighted by Gasteiger charge is -2.08. The molecule has 1 aliphatic heterocycles. The molecule has 1 aliphatic rings. The fraction of sp³-hybridized carbons (Fsp3) is 0.150. The molecule has 0 saturated carbocycles. The van der Waals surface area contributed by atoms with Gasteiger partial charge in [0.2, 0.25) is 5.78 Å². The van der Waals surface area contributed by atoms with Gasteiger partial charge in [0.15, 0.2) is 5.76 Å². The van der Waals surface area contributed by atoms with E-state index in [0.29, 0.717) is 39.3 Å². The molecule has 0 amide bonds. The summed E-state index contributed by atoms with van der Waals surface area (Å²) in [5.74, 6) is 1.08. The van der Waals surface area contributed by atoms with Crippen LogP contribution in [0.1, 0.15) is 28.4 Å². The molecule has 0 aromatic heterocycles. The molecule has 1 heterocycles. The summed E-state index contributed by atoms with van der Waals surface area (Å²) in [5, 5.41) is 0.907. The Morgan fingerprint density at radius 3 is 2.60 bits per heavy atom. The maximum Gasteiger partial charge on any atom is 0.232 e. The molecule has 0 aliphatic carbocycles. The van der Waals surface area contributed by atoms with E-state index in [4.69, 9.17) is 32.7 Å². The van der Waals surface area contributed by atoms with Crippen molar-refractivity contribution >= 4 is 35.1 Å². The van der Waals surface area contributed by atoms with Gasteiger partial charge in [-0.1, -0.05) is 35.8 Å². The first kappa shape index (κ1) is 17.6. The Hall–Kier alpha value is -2.23. The van der Waals surface area contributed by atoms with Crippen LogP contribution in [0.2, 0.25) is 10.0 Å². The molecular weight excluding hydrogens is 359 g/mol. The number of halogens is 2. The second kappa shape index (κ2) is 6.95. The topological polar surface area (TPSA) is 35.5 Å². The number of carbonyl (C=O) groups excluding carboxylic acids is 1.